The van der Waals surface area contributed by atoms with Crippen LogP contribution in [0.25, 0.3) is 0 Å². The molecule has 0 aliphatic carbocycles. The molecule has 0 radical (unpaired) electrons. The predicted octanol–water partition coefficient (Wildman–Crippen LogP) is 2.97. The molecule has 0 aliphatic heterocycles. The highest BCUT2D eigenvalue weighted by Crippen LogP contribution is 2.13. The predicted molar refractivity (Wildman–Crippen MR) is 49.6 cm³/mol. The maximum atomic E-state index is 5.55. The van der Waals surface area contributed by atoms with Gasteiger partial charge in [-0.3, -0.25) is 0 Å². The molecule has 0 saturated heterocycles. The fraction of sp³-hybridized carbons (Fsp3) is 0.667. The summed E-state index contributed by atoms with van der Waals surface area (Å²) in [5.74, 6) is 1.91. The fourth-order valence-corrected chi connectivity index (χ4v) is 1.06. The number of alkyl halides is 1. The van der Waals surface area contributed by atoms with Gasteiger partial charge in [-0.25, -0.2) is 4.98 Å². The molecule has 0 unspecified atom stereocenters. The van der Waals surface area contributed by atoms with E-state index in [2.05, 4.69) is 18.8 Å². The summed E-state index contributed by atoms with van der Waals surface area (Å²) in [5.41, 5.74) is 1.03. The van der Waals surface area contributed by atoms with Gasteiger partial charge in [0, 0.05) is 12.3 Å². The highest BCUT2D eigenvalue weighted by molar-refractivity contribution is 6.17. The van der Waals surface area contributed by atoms with Crippen molar-refractivity contribution in [1.82, 2.24) is 4.98 Å². The molecule has 1 aromatic rings. The molecule has 0 aromatic carbocycles. The number of halogens is 1. The van der Waals surface area contributed by atoms with Crippen molar-refractivity contribution < 1.29 is 4.42 Å². The zero-order chi connectivity index (χ0) is 8.97. The van der Waals surface area contributed by atoms with Gasteiger partial charge in [0.2, 0.25) is 0 Å². The number of nitrogens with zero attached hydrogens (tertiary/aromatic N) is 1. The molecule has 1 aromatic heterocycles. The third-order valence-corrected chi connectivity index (χ3v) is 1.95. The summed E-state index contributed by atoms with van der Waals surface area (Å²) in [6, 6.07) is 0. The van der Waals surface area contributed by atoms with Crippen molar-refractivity contribution in [2.45, 2.75) is 32.6 Å². The van der Waals surface area contributed by atoms with E-state index in [9.17, 15) is 0 Å². The molecule has 0 aliphatic rings. The van der Waals surface area contributed by atoms with E-state index in [0.717, 1.165) is 24.4 Å². The lowest BCUT2D eigenvalue weighted by Crippen LogP contribution is -1.90. The van der Waals surface area contributed by atoms with Crippen molar-refractivity contribution in [1.29, 1.82) is 0 Å². The van der Waals surface area contributed by atoms with Crippen LogP contribution in [0.5, 0.6) is 0 Å². The van der Waals surface area contributed by atoms with Crippen molar-refractivity contribution in [3.8, 4) is 0 Å². The summed E-state index contributed by atoms with van der Waals surface area (Å²) in [6.07, 6.45) is 3.50. The van der Waals surface area contributed by atoms with E-state index in [1.165, 1.54) is 0 Å². The first-order valence-corrected chi connectivity index (χ1v) is 4.77. The van der Waals surface area contributed by atoms with Gasteiger partial charge in [-0.15, -0.1) is 11.6 Å². The van der Waals surface area contributed by atoms with Crippen LogP contribution >= 0.6 is 11.6 Å². The molecule has 0 fully saturated rings. The van der Waals surface area contributed by atoms with Crippen molar-refractivity contribution in [2.24, 2.45) is 0 Å². The Labute approximate surface area is 77.9 Å². The molecular formula is C9H14ClNO. The average Bonchev–Trinajstić information content (AvgIpc) is 2.48. The second-order valence-corrected chi connectivity index (χ2v) is 3.49. The second kappa shape index (κ2) is 4.51. The number of oxazole rings is 1. The SMILES string of the molecule is CC(C)c1coc(CCCCl)n1. The number of rotatable bonds is 4. The molecule has 0 saturated carbocycles. The Morgan fingerprint density at radius 1 is 1.58 bits per heavy atom. The summed E-state index contributed by atoms with van der Waals surface area (Å²) in [5, 5.41) is 0. The van der Waals surface area contributed by atoms with Crippen LogP contribution in [0.15, 0.2) is 10.7 Å². The Balaban J connectivity index is 2.52. The molecule has 0 spiro atoms. The van der Waals surface area contributed by atoms with Gasteiger partial charge in [-0.1, -0.05) is 13.8 Å². The minimum absolute atomic E-state index is 0.443. The van der Waals surface area contributed by atoms with Crippen molar-refractivity contribution >= 4 is 11.6 Å². The lowest BCUT2D eigenvalue weighted by molar-refractivity contribution is 0.491. The molecular weight excluding hydrogens is 174 g/mol. The van der Waals surface area contributed by atoms with Crippen LogP contribution in [0, 0.1) is 0 Å². The van der Waals surface area contributed by atoms with Gasteiger partial charge in [-0.05, 0) is 12.3 Å². The highest BCUT2D eigenvalue weighted by atomic mass is 35.5. The maximum Gasteiger partial charge on any atom is 0.194 e. The molecule has 2 nitrogen and oxygen atoms in total. The van der Waals surface area contributed by atoms with E-state index in [1.54, 1.807) is 6.26 Å². The van der Waals surface area contributed by atoms with Crippen LogP contribution in [-0.2, 0) is 6.42 Å². The van der Waals surface area contributed by atoms with Gasteiger partial charge in [0.15, 0.2) is 5.89 Å². The number of aromatic nitrogens is 1. The van der Waals surface area contributed by atoms with Gasteiger partial charge in [-0.2, -0.15) is 0 Å². The standard InChI is InChI=1S/C9H14ClNO/c1-7(2)8-6-12-9(11-8)4-3-5-10/h6-7H,3-5H2,1-2H3. The quantitative estimate of drug-likeness (QED) is 0.678. The van der Waals surface area contributed by atoms with Crippen molar-refractivity contribution in [3.05, 3.63) is 17.8 Å². The molecule has 0 N–H and O–H groups in total. The average molecular weight is 188 g/mol. The van der Waals surface area contributed by atoms with E-state index >= 15 is 0 Å². The van der Waals surface area contributed by atoms with E-state index in [0.29, 0.717) is 11.8 Å². The van der Waals surface area contributed by atoms with Gasteiger partial charge in [0.05, 0.1) is 5.69 Å². The number of hydrogen-bond acceptors (Lipinski definition) is 2. The van der Waals surface area contributed by atoms with Gasteiger partial charge in [0.25, 0.3) is 0 Å². The fourth-order valence-electron chi connectivity index (χ4n) is 0.923. The first-order valence-electron chi connectivity index (χ1n) is 4.24. The summed E-state index contributed by atoms with van der Waals surface area (Å²) < 4.78 is 5.26. The van der Waals surface area contributed by atoms with E-state index in [-0.39, 0.29) is 0 Å². The van der Waals surface area contributed by atoms with E-state index in [4.69, 9.17) is 16.0 Å². The van der Waals surface area contributed by atoms with Crippen LogP contribution in [0.4, 0.5) is 0 Å². The Morgan fingerprint density at radius 3 is 2.83 bits per heavy atom. The molecule has 1 heterocycles. The summed E-state index contributed by atoms with van der Waals surface area (Å²) in [7, 11) is 0. The molecule has 3 heteroatoms. The van der Waals surface area contributed by atoms with Gasteiger partial charge >= 0.3 is 0 Å². The smallest absolute Gasteiger partial charge is 0.194 e. The summed E-state index contributed by atoms with van der Waals surface area (Å²) in [6.45, 7) is 4.20. The molecule has 12 heavy (non-hydrogen) atoms. The zero-order valence-electron chi connectivity index (χ0n) is 7.51. The zero-order valence-corrected chi connectivity index (χ0v) is 8.27. The van der Waals surface area contributed by atoms with Crippen molar-refractivity contribution in [2.75, 3.05) is 5.88 Å². The van der Waals surface area contributed by atoms with Gasteiger partial charge < -0.3 is 4.42 Å². The Kier molecular flexibility index (Phi) is 3.60. The lowest BCUT2D eigenvalue weighted by atomic mass is 10.2. The normalized spacial score (nSPS) is 11.0. The first-order chi connectivity index (χ1) is 5.74. The maximum absolute atomic E-state index is 5.55. The Morgan fingerprint density at radius 2 is 2.33 bits per heavy atom. The molecule has 1 rings (SSSR count). The van der Waals surface area contributed by atoms with Crippen LogP contribution in [0.1, 0.15) is 37.8 Å². The van der Waals surface area contributed by atoms with Crippen LogP contribution < -0.4 is 0 Å². The van der Waals surface area contributed by atoms with Gasteiger partial charge in [0.1, 0.15) is 6.26 Å². The Hall–Kier alpha value is -0.500. The molecule has 0 bridgehead atoms. The minimum atomic E-state index is 0.443. The molecule has 0 amide bonds. The number of aryl methyl sites for hydroxylation is 1. The third-order valence-electron chi connectivity index (χ3n) is 1.69. The number of hydrogen-bond donors (Lipinski definition) is 0. The van der Waals surface area contributed by atoms with Crippen LogP contribution in [-0.4, -0.2) is 10.9 Å². The molecule has 68 valence electrons. The molecule has 0 atom stereocenters. The largest absolute Gasteiger partial charge is 0.449 e. The third kappa shape index (κ3) is 2.52. The minimum Gasteiger partial charge on any atom is -0.449 e. The topological polar surface area (TPSA) is 26.0 Å². The highest BCUT2D eigenvalue weighted by Gasteiger charge is 2.06. The monoisotopic (exact) mass is 187 g/mol. The lowest BCUT2D eigenvalue weighted by Gasteiger charge is -1.94. The van der Waals surface area contributed by atoms with Crippen LogP contribution in [0.2, 0.25) is 0 Å². The van der Waals surface area contributed by atoms with E-state index in [1.807, 2.05) is 0 Å². The van der Waals surface area contributed by atoms with Crippen molar-refractivity contribution in [3.63, 3.8) is 0 Å². The second-order valence-electron chi connectivity index (χ2n) is 3.11. The Bertz CT molecular complexity index is 232. The van der Waals surface area contributed by atoms with Crippen LogP contribution in [0.3, 0.4) is 0 Å². The van der Waals surface area contributed by atoms with E-state index < -0.39 is 0 Å². The first kappa shape index (κ1) is 9.59. The summed E-state index contributed by atoms with van der Waals surface area (Å²) in [4.78, 5) is 4.32. The summed E-state index contributed by atoms with van der Waals surface area (Å²) >= 11 is 5.55.